The predicted octanol–water partition coefficient (Wildman–Crippen LogP) is 0.567. The van der Waals surface area contributed by atoms with Gasteiger partial charge in [0.15, 0.2) is 5.65 Å². The van der Waals surface area contributed by atoms with E-state index in [-0.39, 0.29) is 28.4 Å². The molecule has 0 aliphatic rings. The van der Waals surface area contributed by atoms with Crippen LogP contribution in [0.2, 0.25) is 0 Å². The van der Waals surface area contributed by atoms with Gasteiger partial charge in [0, 0.05) is 25.3 Å². The van der Waals surface area contributed by atoms with E-state index in [1.165, 1.54) is 4.57 Å². The number of H-pyrrole nitrogens is 1. The lowest BCUT2D eigenvalue weighted by Crippen LogP contribution is -2.35. The molecule has 0 radical (unpaired) electrons. The summed E-state index contributed by atoms with van der Waals surface area (Å²) in [5.41, 5.74) is 0.0423. The summed E-state index contributed by atoms with van der Waals surface area (Å²) in [5.74, 6) is -0.295. The van der Waals surface area contributed by atoms with Crippen molar-refractivity contribution in [3.8, 4) is 0 Å². The van der Waals surface area contributed by atoms with E-state index < -0.39 is 11.2 Å². The molecule has 2 heterocycles. The van der Waals surface area contributed by atoms with Gasteiger partial charge in [-0.05, 0) is 25.5 Å². The van der Waals surface area contributed by atoms with E-state index >= 15 is 0 Å². The first kappa shape index (κ1) is 18.9. The number of hydrogen-bond donors (Lipinski definition) is 3. The molecule has 0 aromatic carbocycles. The number of pyridine rings is 1. The predicted molar refractivity (Wildman–Crippen MR) is 97.3 cm³/mol. The first-order valence-electron chi connectivity index (χ1n) is 8.57. The number of rotatable bonds is 7. The second kappa shape index (κ2) is 8.06. The third kappa shape index (κ3) is 3.96. The number of nitrogens with one attached hydrogen (secondary N) is 3. The molecule has 0 bridgehead atoms. The summed E-state index contributed by atoms with van der Waals surface area (Å²) < 4.78 is 1.37. The van der Waals surface area contributed by atoms with Crippen LogP contribution in [0.15, 0.2) is 15.7 Å². The highest BCUT2D eigenvalue weighted by Crippen LogP contribution is 2.19. The Morgan fingerprint density at radius 2 is 2.00 bits per heavy atom. The Morgan fingerprint density at radius 1 is 1.28 bits per heavy atom. The minimum atomic E-state index is -0.593. The van der Waals surface area contributed by atoms with Gasteiger partial charge in [-0.15, -0.1) is 0 Å². The molecule has 1 amide bonds. The van der Waals surface area contributed by atoms with Crippen molar-refractivity contribution >= 4 is 16.9 Å². The van der Waals surface area contributed by atoms with Crippen LogP contribution in [-0.4, -0.2) is 40.1 Å². The topological polar surface area (TPSA) is 109 Å². The number of nitrogens with zero attached hydrogens (tertiary/aromatic N) is 2. The standard InChI is InChI=1S/C17H25N5O3/c1-5-18-7-8-19-15(23)11-9-12(10(3)4)20-14-13(11)16(24)21-17(25)22(14)6-2/h9-10,18H,5-8H2,1-4H3,(H,19,23)(H,21,24,25). The van der Waals surface area contributed by atoms with E-state index in [9.17, 15) is 14.4 Å². The summed E-state index contributed by atoms with van der Waals surface area (Å²) in [6.07, 6.45) is 0. The first-order valence-corrected chi connectivity index (χ1v) is 8.57. The van der Waals surface area contributed by atoms with Crippen LogP contribution in [0, 0.1) is 0 Å². The van der Waals surface area contributed by atoms with Gasteiger partial charge in [0.2, 0.25) is 0 Å². The Balaban J connectivity index is 2.63. The van der Waals surface area contributed by atoms with Crippen LogP contribution in [-0.2, 0) is 6.54 Å². The second-order valence-corrected chi connectivity index (χ2v) is 6.06. The maximum atomic E-state index is 12.6. The van der Waals surface area contributed by atoms with Gasteiger partial charge in [0.25, 0.3) is 11.5 Å². The molecule has 0 spiro atoms. The van der Waals surface area contributed by atoms with E-state index in [0.717, 1.165) is 6.54 Å². The fourth-order valence-electron chi connectivity index (χ4n) is 2.60. The number of carbonyl (C=O) groups is 1. The lowest BCUT2D eigenvalue weighted by atomic mass is 10.0. The van der Waals surface area contributed by atoms with Gasteiger partial charge in [0.1, 0.15) is 0 Å². The molecule has 0 unspecified atom stereocenters. The minimum Gasteiger partial charge on any atom is -0.351 e. The molecule has 0 aliphatic heterocycles. The molecule has 0 saturated heterocycles. The summed E-state index contributed by atoms with van der Waals surface area (Å²) in [6, 6.07) is 1.63. The van der Waals surface area contributed by atoms with Crippen molar-refractivity contribution in [3.05, 3.63) is 38.2 Å². The van der Waals surface area contributed by atoms with Crippen molar-refractivity contribution in [2.45, 2.75) is 40.2 Å². The van der Waals surface area contributed by atoms with E-state index in [4.69, 9.17) is 0 Å². The summed E-state index contributed by atoms with van der Waals surface area (Å²) in [4.78, 5) is 43.8. The van der Waals surface area contributed by atoms with Gasteiger partial charge in [-0.25, -0.2) is 9.78 Å². The maximum absolute atomic E-state index is 12.6. The molecule has 0 aliphatic carbocycles. The van der Waals surface area contributed by atoms with Gasteiger partial charge in [-0.3, -0.25) is 19.1 Å². The van der Waals surface area contributed by atoms with Crippen molar-refractivity contribution in [1.29, 1.82) is 0 Å². The zero-order valence-corrected chi connectivity index (χ0v) is 15.1. The molecule has 2 aromatic heterocycles. The summed E-state index contributed by atoms with van der Waals surface area (Å²) >= 11 is 0. The average molecular weight is 347 g/mol. The normalized spacial score (nSPS) is 11.2. The van der Waals surface area contributed by atoms with Crippen molar-refractivity contribution in [2.24, 2.45) is 0 Å². The molecule has 0 atom stereocenters. The van der Waals surface area contributed by atoms with E-state index in [2.05, 4.69) is 20.6 Å². The first-order chi connectivity index (χ1) is 11.9. The van der Waals surface area contributed by atoms with Crippen molar-refractivity contribution in [3.63, 3.8) is 0 Å². The Morgan fingerprint density at radius 3 is 2.60 bits per heavy atom. The number of aromatic nitrogens is 3. The molecule has 136 valence electrons. The molecule has 25 heavy (non-hydrogen) atoms. The third-order valence-electron chi connectivity index (χ3n) is 3.96. The quantitative estimate of drug-likeness (QED) is 0.635. The van der Waals surface area contributed by atoms with E-state index in [1.807, 2.05) is 20.8 Å². The molecule has 3 N–H and O–H groups in total. The second-order valence-electron chi connectivity index (χ2n) is 6.06. The number of likely N-dealkylation sites (N-methyl/N-ethyl adjacent to an activating group) is 1. The van der Waals surface area contributed by atoms with E-state index in [1.54, 1.807) is 13.0 Å². The van der Waals surface area contributed by atoms with Gasteiger partial charge in [0.05, 0.1) is 10.9 Å². The largest absolute Gasteiger partial charge is 0.351 e. The smallest absolute Gasteiger partial charge is 0.329 e. The Hall–Kier alpha value is -2.48. The number of hydrogen-bond acceptors (Lipinski definition) is 5. The molecule has 8 heteroatoms. The highest BCUT2D eigenvalue weighted by molar-refractivity contribution is 6.05. The van der Waals surface area contributed by atoms with Crippen LogP contribution < -0.4 is 21.9 Å². The number of fused-ring (bicyclic) bond motifs is 1. The third-order valence-corrected chi connectivity index (χ3v) is 3.96. The van der Waals surface area contributed by atoms with Crippen molar-refractivity contribution < 1.29 is 4.79 Å². The number of aryl methyl sites for hydroxylation is 1. The van der Waals surface area contributed by atoms with Gasteiger partial charge < -0.3 is 10.6 Å². The van der Waals surface area contributed by atoms with Crippen LogP contribution >= 0.6 is 0 Å². The average Bonchev–Trinajstić information content (AvgIpc) is 2.57. The number of aromatic amines is 1. The highest BCUT2D eigenvalue weighted by atomic mass is 16.2. The molecule has 8 nitrogen and oxygen atoms in total. The highest BCUT2D eigenvalue weighted by Gasteiger charge is 2.19. The van der Waals surface area contributed by atoms with Crippen molar-refractivity contribution in [1.82, 2.24) is 25.2 Å². The fourth-order valence-corrected chi connectivity index (χ4v) is 2.60. The molecule has 0 fully saturated rings. The Kier molecular flexibility index (Phi) is 6.08. The summed E-state index contributed by atoms with van der Waals surface area (Å²) in [7, 11) is 0. The molecule has 0 saturated carbocycles. The SMILES string of the molecule is CCNCCNC(=O)c1cc(C(C)C)nc2c1c(=O)[nH]c(=O)n2CC. The summed E-state index contributed by atoms with van der Waals surface area (Å²) in [5, 5.41) is 6.07. The number of amides is 1. The van der Waals surface area contributed by atoms with Gasteiger partial charge >= 0.3 is 5.69 Å². The lowest BCUT2D eigenvalue weighted by molar-refractivity contribution is 0.0955. The fraction of sp³-hybridized carbons (Fsp3) is 0.529. The van der Waals surface area contributed by atoms with Crippen LogP contribution in [0.3, 0.4) is 0 Å². The summed E-state index contributed by atoms with van der Waals surface area (Å²) in [6.45, 7) is 9.91. The molecular weight excluding hydrogens is 322 g/mol. The lowest BCUT2D eigenvalue weighted by Gasteiger charge is -2.14. The van der Waals surface area contributed by atoms with Crippen LogP contribution in [0.1, 0.15) is 49.7 Å². The van der Waals surface area contributed by atoms with E-state index in [0.29, 0.717) is 25.3 Å². The zero-order valence-electron chi connectivity index (χ0n) is 15.1. The molecule has 2 aromatic rings. The maximum Gasteiger partial charge on any atom is 0.329 e. The molecular formula is C17H25N5O3. The van der Waals surface area contributed by atoms with Crippen LogP contribution in [0.4, 0.5) is 0 Å². The minimum absolute atomic E-state index is 0.0532. The van der Waals surface area contributed by atoms with Crippen molar-refractivity contribution in [2.75, 3.05) is 19.6 Å². The van der Waals surface area contributed by atoms with Crippen LogP contribution in [0.25, 0.3) is 11.0 Å². The Bertz CT molecular complexity index is 882. The molecule has 2 rings (SSSR count). The Labute approximate surface area is 145 Å². The van der Waals surface area contributed by atoms with Crippen LogP contribution in [0.5, 0.6) is 0 Å². The van der Waals surface area contributed by atoms with Gasteiger partial charge in [-0.2, -0.15) is 0 Å². The number of carbonyl (C=O) groups excluding carboxylic acids is 1. The monoisotopic (exact) mass is 347 g/mol. The zero-order chi connectivity index (χ0) is 18.6. The van der Waals surface area contributed by atoms with Gasteiger partial charge in [-0.1, -0.05) is 20.8 Å².